The molecular formula is C12H16O5. The predicted molar refractivity (Wildman–Crippen MR) is 63.1 cm³/mol. The summed E-state index contributed by atoms with van der Waals surface area (Å²) in [6, 6.07) is 4.01. The summed E-state index contributed by atoms with van der Waals surface area (Å²) in [4.78, 5) is 9.79. The lowest BCUT2D eigenvalue weighted by atomic mass is 10.3. The van der Waals surface area contributed by atoms with Gasteiger partial charge in [-0.25, -0.2) is 4.79 Å². The lowest BCUT2D eigenvalue weighted by molar-refractivity contribution is -0.131. The number of hydrogen-bond acceptors (Lipinski definition) is 4. The molecular weight excluding hydrogens is 224 g/mol. The Bertz CT molecular complexity index is 364. The topological polar surface area (TPSA) is 98.0 Å². The van der Waals surface area contributed by atoms with Crippen LogP contribution in [0, 0.1) is 0 Å². The fourth-order valence-electron chi connectivity index (χ4n) is 0.870. The zero-order valence-electron chi connectivity index (χ0n) is 9.50. The number of rotatable bonds is 3. The molecule has 0 radical (unpaired) electrons. The van der Waals surface area contributed by atoms with Crippen LogP contribution in [-0.4, -0.2) is 26.4 Å². The van der Waals surface area contributed by atoms with E-state index in [4.69, 9.17) is 20.4 Å². The molecule has 0 aromatic heterocycles. The van der Waals surface area contributed by atoms with Crippen LogP contribution in [-0.2, 0) is 4.79 Å². The zero-order valence-corrected chi connectivity index (χ0v) is 9.50. The lowest BCUT2D eigenvalue weighted by Crippen LogP contribution is -1.84. The standard InChI is InChI=1S/C6H6O3.C6H10O2/c7-4-2-1-3-5(8)6(4)9;1-2-3-4-5-6(7)8/h1-3,7-9H;4-5H,2-3H2,1H3,(H,7,8). The Morgan fingerprint density at radius 2 is 1.76 bits per heavy atom. The fraction of sp³-hybridized carbons (Fsp3) is 0.250. The van der Waals surface area contributed by atoms with E-state index in [1.165, 1.54) is 24.3 Å². The number of carboxylic acid groups (broad SMARTS) is 1. The second-order valence-corrected chi connectivity index (χ2v) is 3.17. The SMILES string of the molecule is CCCC=CC(=O)O.Oc1cccc(O)c1O. The molecule has 5 nitrogen and oxygen atoms in total. The number of aromatic hydroxyl groups is 3. The van der Waals surface area contributed by atoms with Gasteiger partial charge in [-0.15, -0.1) is 0 Å². The van der Waals surface area contributed by atoms with Gasteiger partial charge >= 0.3 is 5.97 Å². The monoisotopic (exact) mass is 240 g/mol. The van der Waals surface area contributed by atoms with Gasteiger partial charge in [-0.3, -0.25) is 0 Å². The van der Waals surface area contributed by atoms with Gasteiger partial charge in [0.15, 0.2) is 17.2 Å². The van der Waals surface area contributed by atoms with E-state index in [0.717, 1.165) is 12.8 Å². The molecule has 4 N–H and O–H groups in total. The number of phenols is 3. The first kappa shape index (κ1) is 14.8. The molecule has 0 aliphatic rings. The normalized spacial score (nSPS) is 9.71. The van der Waals surface area contributed by atoms with Gasteiger partial charge in [-0.2, -0.15) is 0 Å². The summed E-state index contributed by atoms with van der Waals surface area (Å²) >= 11 is 0. The van der Waals surface area contributed by atoms with Crippen LogP contribution in [0.15, 0.2) is 30.4 Å². The van der Waals surface area contributed by atoms with Gasteiger partial charge in [0.1, 0.15) is 0 Å². The first-order chi connectivity index (χ1) is 7.99. The van der Waals surface area contributed by atoms with Crippen molar-refractivity contribution in [3.63, 3.8) is 0 Å². The van der Waals surface area contributed by atoms with Gasteiger partial charge in [-0.1, -0.05) is 25.5 Å². The number of para-hydroxylation sites is 1. The summed E-state index contributed by atoms with van der Waals surface area (Å²) in [5, 5.41) is 34.1. The first-order valence-electron chi connectivity index (χ1n) is 5.08. The van der Waals surface area contributed by atoms with E-state index in [0.29, 0.717) is 0 Å². The van der Waals surface area contributed by atoms with Crippen molar-refractivity contribution < 1.29 is 25.2 Å². The Kier molecular flexibility index (Phi) is 7.01. The van der Waals surface area contributed by atoms with Crippen molar-refractivity contribution in [3.05, 3.63) is 30.4 Å². The lowest BCUT2D eigenvalue weighted by Gasteiger charge is -1.96. The quantitative estimate of drug-likeness (QED) is 0.479. The number of carboxylic acids is 1. The first-order valence-corrected chi connectivity index (χ1v) is 5.08. The maximum atomic E-state index is 9.79. The maximum absolute atomic E-state index is 9.79. The van der Waals surface area contributed by atoms with Crippen molar-refractivity contribution in [1.29, 1.82) is 0 Å². The zero-order chi connectivity index (χ0) is 13.3. The van der Waals surface area contributed by atoms with Crippen LogP contribution >= 0.6 is 0 Å². The maximum Gasteiger partial charge on any atom is 0.327 e. The van der Waals surface area contributed by atoms with E-state index >= 15 is 0 Å². The minimum Gasteiger partial charge on any atom is -0.504 e. The van der Waals surface area contributed by atoms with Crippen molar-refractivity contribution in [1.82, 2.24) is 0 Å². The van der Waals surface area contributed by atoms with Crippen molar-refractivity contribution in [2.24, 2.45) is 0 Å². The third kappa shape index (κ3) is 6.83. The number of benzene rings is 1. The molecule has 1 aromatic rings. The molecule has 0 unspecified atom stereocenters. The summed E-state index contributed by atoms with van der Waals surface area (Å²) in [7, 11) is 0. The Morgan fingerprint density at radius 1 is 1.24 bits per heavy atom. The third-order valence-electron chi connectivity index (χ3n) is 1.71. The largest absolute Gasteiger partial charge is 0.504 e. The number of phenolic OH excluding ortho intramolecular Hbond substituents is 3. The predicted octanol–water partition coefficient (Wildman–Crippen LogP) is 2.23. The van der Waals surface area contributed by atoms with Crippen molar-refractivity contribution in [3.8, 4) is 17.2 Å². The summed E-state index contributed by atoms with van der Waals surface area (Å²) in [5.74, 6) is -1.96. The van der Waals surface area contributed by atoms with Gasteiger partial charge in [0.25, 0.3) is 0 Å². The highest BCUT2D eigenvalue weighted by atomic mass is 16.4. The molecule has 0 bridgehead atoms. The molecule has 0 aliphatic heterocycles. The summed E-state index contributed by atoms with van der Waals surface area (Å²) in [6.45, 7) is 2.01. The van der Waals surface area contributed by atoms with E-state index < -0.39 is 11.7 Å². The number of unbranched alkanes of at least 4 members (excludes halogenated alkanes) is 1. The molecule has 0 saturated carbocycles. The fourth-order valence-corrected chi connectivity index (χ4v) is 0.870. The summed E-state index contributed by atoms with van der Waals surface area (Å²) < 4.78 is 0. The minimum atomic E-state index is -0.863. The van der Waals surface area contributed by atoms with E-state index in [2.05, 4.69) is 0 Å². The van der Waals surface area contributed by atoms with Gasteiger partial charge in [0, 0.05) is 6.08 Å². The second kappa shape index (κ2) is 8.04. The molecule has 0 amide bonds. The third-order valence-corrected chi connectivity index (χ3v) is 1.71. The Balaban J connectivity index is 0.000000304. The van der Waals surface area contributed by atoms with Crippen LogP contribution in [0.25, 0.3) is 0 Å². The van der Waals surface area contributed by atoms with E-state index in [1.807, 2.05) is 6.92 Å². The highest BCUT2D eigenvalue weighted by molar-refractivity contribution is 5.79. The number of hydrogen-bond donors (Lipinski definition) is 4. The van der Waals surface area contributed by atoms with Crippen LogP contribution in [0.1, 0.15) is 19.8 Å². The smallest absolute Gasteiger partial charge is 0.327 e. The summed E-state index contributed by atoms with van der Waals surface area (Å²) in [5.41, 5.74) is 0. The number of allylic oxidation sites excluding steroid dienone is 1. The molecule has 1 rings (SSSR count). The van der Waals surface area contributed by atoms with E-state index in [1.54, 1.807) is 6.08 Å². The second-order valence-electron chi connectivity index (χ2n) is 3.17. The molecule has 0 aliphatic carbocycles. The van der Waals surface area contributed by atoms with Gasteiger partial charge in [0.2, 0.25) is 0 Å². The van der Waals surface area contributed by atoms with E-state index in [9.17, 15) is 4.79 Å². The Morgan fingerprint density at radius 3 is 2.12 bits per heavy atom. The average Bonchev–Trinajstić information content (AvgIpc) is 2.27. The van der Waals surface area contributed by atoms with Crippen LogP contribution in [0.3, 0.4) is 0 Å². The molecule has 17 heavy (non-hydrogen) atoms. The van der Waals surface area contributed by atoms with Gasteiger partial charge < -0.3 is 20.4 Å². The number of aliphatic carboxylic acids is 1. The summed E-state index contributed by atoms with van der Waals surface area (Å²) in [6.07, 6.45) is 4.68. The highest BCUT2D eigenvalue weighted by Crippen LogP contribution is 2.32. The molecule has 0 saturated heterocycles. The molecule has 0 atom stereocenters. The molecule has 94 valence electrons. The molecule has 1 aromatic carbocycles. The molecule has 5 heteroatoms. The Hall–Kier alpha value is -2.17. The average molecular weight is 240 g/mol. The van der Waals surface area contributed by atoms with Crippen molar-refractivity contribution in [2.75, 3.05) is 0 Å². The molecule has 0 spiro atoms. The molecule has 0 fully saturated rings. The van der Waals surface area contributed by atoms with Gasteiger partial charge in [-0.05, 0) is 18.6 Å². The Labute approximate surface area is 99.3 Å². The van der Waals surface area contributed by atoms with Crippen molar-refractivity contribution >= 4 is 5.97 Å². The van der Waals surface area contributed by atoms with Gasteiger partial charge in [0.05, 0.1) is 0 Å². The number of carbonyl (C=O) groups is 1. The molecule has 0 heterocycles. The highest BCUT2D eigenvalue weighted by Gasteiger charge is 2.00. The minimum absolute atomic E-state index is 0.310. The van der Waals surface area contributed by atoms with Crippen LogP contribution < -0.4 is 0 Å². The van der Waals surface area contributed by atoms with E-state index in [-0.39, 0.29) is 11.5 Å². The van der Waals surface area contributed by atoms with Crippen LogP contribution in [0.2, 0.25) is 0 Å². The van der Waals surface area contributed by atoms with Crippen LogP contribution in [0.4, 0.5) is 0 Å². The van der Waals surface area contributed by atoms with Crippen molar-refractivity contribution in [2.45, 2.75) is 19.8 Å². The van der Waals surface area contributed by atoms with Crippen LogP contribution in [0.5, 0.6) is 17.2 Å².